The van der Waals surface area contributed by atoms with Gasteiger partial charge in [0.15, 0.2) is 0 Å². The number of aromatic nitrogens is 1. The van der Waals surface area contributed by atoms with Crippen molar-refractivity contribution < 1.29 is 9.47 Å². The number of ether oxygens (including phenoxy) is 2. The Kier molecular flexibility index (Phi) is 4.25. The molecule has 1 unspecified atom stereocenters. The predicted octanol–water partition coefficient (Wildman–Crippen LogP) is 1.68. The minimum atomic E-state index is 0.296. The van der Waals surface area contributed by atoms with E-state index in [1.807, 2.05) is 12.1 Å². The first kappa shape index (κ1) is 13.0. The second-order valence-corrected chi connectivity index (χ2v) is 4.50. The zero-order valence-corrected chi connectivity index (χ0v) is 11.1. The Hall–Kier alpha value is -1.49. The fraction of sp³-hybridized carbons (Fsp3) is 0.615. The van der Waals surface area contributed by atoms with Crippen LogP contribution in [-0.4, -0.2) is 37.9 Å². The van der Waals surface area contributed by atoms with Gasteiger partial charge < -0.3 is 20.1 Å². The number of hydrogen-bond donors (Lipinski definition) is 1. The highest BCUT2D eigenvalue weighted by molar-refractivity contribution is 5.55. The summed E-state index contributed by atoms with van der Waals surface area (Å²) in [5.74, 6) is 1.45. The molecule has 1 atom stereocenters. The Balaban J connectivity index is 2.09. The van der Waals surface area contributed by atoms with Crippen LogP contribution in [0.25, 0.3) is 0 Å². The second-order valence-electron chi connectivity index (χ2n) is 4.50. The first-order valence-electron chi connectivity index (χ1n) is 6.41. The van der Waals surface area contributed by atoms with Crippen molar-refractivity contribution in [3.63, 3.8) is 0 Å². The van der Waals surface area contributed by atoms with E-state index in [9.17, 15) is 0 Å². The number of rotatable bonds is 5. The molecule has 1 aromatic heterocycles. The number of nitrogen functional groups attached to an aromatic ring is 1. The van der Waals surface area contributed by atoms with Crippen LogP contribution in [0.2, 0.25) is 0 Å². The van der Waals surface area contributed by atoms with E-state index in [0.29, 0.717) is 24.3 Å². The monoisotopic (exact) mass is 251 g/mol. The van der Waals surface area contributed by atoms with Crippen molar-refractivity contribution in [1.29, 1.82) is 0 Å². The summed E-state index contributed by atoms with van der Waals surface area (Å²) < 4.78 is 10.9. The lowest BCUT2D eigenvalue weighted by molar-refractivity contribution is 0.121. The van der Waals surface area contributed by atoms with Crippen LogP contribution in [0, 0.1) is 0 Å². The summed E-state index contributed by atoms with van der Waals surface area (Å²) >= 11 is 0. The van der Waals surface area contributed by atoms with Gasteiger partial charge in [-0.25, -0.2) is 0 Å². The average Bonchev–Trinajstić information content (AvgIpc) is 2.86. The van der Waals surface area contributed by atoms with Gasteiger partial charge in [0.1, 0.15) is 5.82 Å². The van der Waals surface area contributed by atoms with Crippen LogP contribution in [0.3, 0.4) is 0 Å². The van der Waals surface area contributed by atoms with E-state index >= 15 is 0 Å². The van der Waals surface area contributed by atoms with Crippen LogP contribution in [0.4, 0.5) is 11.5 Å². The number of nitrogens with zero attached hydrogens (tertiary/aromatic N) is 2. The highest BCUT2D eigenvalue weighted by Gasteiger charge is 2.23. The molecule has 18 heavy (non-hydrogen) atoms. The third-order valence-electron chi connectivity index (χ3n) is 3.12. The van der Waals surface area contributed by atoms with Gasteiger partial charge >= 0.3 is 0 Å². The van der Waals surface area contributed by atoms with Crippen LogP contribution < -0.4 is 15.4 Å². The van der Waals surface area contributed by atoms with E-state index in [1.165, 1.54) is 0 Å². The van der Waals surface area contributed by atoms with Gasteiger partial charge in [0, 0.05) is 20.2 Å². The van der Waals surface area contributed by atoms with Crippen LogP contribution in [0.5, 0.6) is 5.88 Å². The van der Waals surface area contributed by atoms with Gasteiger partial charge in [0.2, 0.25) is 5.88 Å². The fourth-order valence-electron chi connectivity index (χ4n) is 2.06. The lowest BCUT2D eigenvalue weighted by Crippen LogP contribution is -2.23. The SMILES string of the molecule is CCCOc1nc(N2CCC(OC)C2)ccc1N. The minimum Gasteiger partial charge on any atom is -0.476 e. The Morgan fingerprint density at radius 2 is 2.33 bits per heavy atom. The van der Waals surface area contributed by atoms with Crippen molar-refractivity contribution in [3.8, 4) is 5.88 Å². The van der Waals surface area contributed by atoms with E-state index in [0.717, 1.165) is 31.7 Å². The van der Waals surface area contributed by atoms with Gasteiger partial charge in [-0.2, -0.15) is 4.98 Å². The lowest BCUT2D eigenvalue weighted by Gasteiger charge is -2.18. The Morgan fingerprint density at radius 1 is 1.50 bits per heavy atom. The first-order valence-corrected chi connectivity index (χ1v) is 6.41. The van der Waals surface area contributed by atoms with Crippen molar-refractivity contribution in [1.82, 2.24) is 4.98 Å². The van der Waals surface area contributed by atoms with Gasteiger partial charge in [-0.1, -0.05) is 6.92 Å². The minimum absolute atomic E-state index is 0.296. The average molecular weight is 251 g/mol. The Labute approximate surface area is 108 Å². The van der Waals surface area contributed by atoms with Gasteiger partial charge in [0.25, 0.3) is 0 Å². The van der Waals surface area contributed by atoms with Gasteiger partial charge in [-0.05, 0) is 25.0 Å². The normalized spacial score (nSPS) is 19.2. The number of methoxy groups -OCH3 is 1. The highest BCUT2D eigenvalue weighted by atomic mass is 16.5. The molecule has 1 aliphatic heterocycles. The van der Waals surface area contributed by atoms with Crippen molar-refractivity contribution >= 4 is 11.5 Å². The molecule has 100 valence electrons. The summed E-state index contributed by atoms with van der Waals surface area (Å²) in [6.07, 6.45) is 2.28. The van der Waals surface area contributed by atoms with Crippen LogP contribution in [0.1, 0.15) is 19.8 Å². The first-order chi connectivity index (χ1) is 8.74. The lowest BCUT2D eigenvalue weighted by atomic mass is 10.3. The van der Waals surface area contributed by atoms with Gasteiger partial charge in [-0.3, -0.25) is 0 Å². The number of hydrogen-bond acceptors (Lipinski definition) is 5. The van der Waals surface area contributed by atoms with Crippen molar-refractivity contribution in [2.75, 3.05) is 37.4 Å². The number of pyridine rings is 1. The highest BCUT2D eigenvalue weighted by Crippen LogP contribution is 2.26. The zero-order chi connectivity index (χ0) is 13.0. The Morgan fingerprint density at radius 3 is 3.00 bits per heavy atom. The summed E-state index contributed by atoms with van der Waals surface area (Å²) in [6.45, 7) is 4.54. The quantitative estimate of drug-likeness (QED) is 0.862. The maximum Gasteiger partial charge on any atom is 0.239 e. The molecule has 2 heterocycles. The molecule has 0 saturated carbocycles. The molecule has 0 bridgehead atoms. The molecule has 1 aliphatic rings. The Bertz CT molecular complexity index is 398. The van der Waals surface area contributed by atoms with E-state index in [4.69, 9.17) is 15.2 Å². The number of anilines is 2. The molecular weight excluding hydrogens is 230 g/mol. The summed E-state index contributed by atoms with van der Waals surface area (Å²) in [5, 5.41) is 0. The van der Waals surface area contributed by atoms with Crippen LogP contribution >= 0.6 is 0 Å². The third-order valence-corrected chi connectivity index (χ3v) is 3.12. The fourth-order valence-corrected chi connectivity index (χ4v) is 2.06. The standard InChI is InChI=1S/C13H21N3O2/c1-3-8-18-13-11(14)4-5-12(15-13)16-7-6-10(9-16)17-2/h4-5,10H,3,6-9,14H2,1-2H3. The van der Waals surface area contributed by atoms with Crippen LogP contribution in [0.15, 0.2) is 12.1 Å². The van der Waals surface area contributed by atoms with Gasteiger partial charge in [-0.15, -0.1) is 0 Å². The summed E-state index contributed by atoms with van der Waals surface area (Å²) in [7, 11) is 1.75. The molecule has 5 nitrogen and oxygen atoms in total. The largest absolute Gasteiger partial charge is 0.476 e. The molecule has 1 saturated heterocycles. The summed E-state index contributed by atoms with van der Waals surface area (Å²) in [6, 6.07) is 3.79. The molecule has 1 fully saturated rings. The second kappa shape index (κ2) is 5.91. The maximum atomic E-state index is 5.85. The molecule has 0 aliphatic carbocycles. The maximum absolute atomic E-state index is 5.85. The number of nitrogens with two attached hydrogens (primary N) is 1. The van der Waals surface area contributed by atoms with Crippen LogP contribution in [-0.2, 0) is 4.74 Å². The summed E-state index contributed by atoms with van der Waals surface area (Å²) in [4.78, 5) is 6.68. The smallest absolute Gasteiger partial charge is 0.239 e. The molecule has 0 radical (unpaired) electrons. The van der Waals surface area contributed by atoms with E-state index in [2.05, 4.69) is 16.8 Å². The van der Waals surface area contributed by atoms with E-state index < -0.39 is 0 Å². The molecule has 0 spiro atoms. The molecular formula is C13H21N3O2. The van der Waals surface area contributed by atoms with Crippen molar-refractivity contribution in [2.24, 2.45) is 0 Å². The molecule has 2 N–H and O–H groups in total. The van der Waals surface area contributed by atoms with E-state index in [-0.39, 0.29) is 0 Å². The zero-order valence-electron chi connectivity index (χ0n) is 11.1. The molecule has 5 heteroatoms. The van der Waals surface area contributed by atoms with E-state index in [1.54, 1.807) is 7.11 Å². The molecule has 1 aromatic rings. The third kappa shape index (κ3) is 2.85. The molecule has 0 aromatic carbocycles. The van der Waals surface area contributed by atoms with Crippen molar-refractivity contribution in [3.05, 3.63) is 12.1 Å². The molecule has 0 amide bonds. The van der Waals surface area contributed by atoms with Gasteiger partial charge in [0.05, 0.1) is 18.4 Å². The summed E-state index contributed by atoms with van der Waals surface area (Å²) in [5.41, 5.74) is 6.44. The topological polar surface area (TPSA) is 60.6 Å². The van der Waals surface area contributed by atoms with Crippen molar-refractivity contribution in [2.45, 2.75) is 25.9 Å². The predicted molar refractivity (Wildman–Crippen MR) is 72.1 cm³/mol. The molecule has 2 rings (SSSR count).